The summed E-state index contributed by atoms with van der Waals surface area (Å²) < 4.78 is 5.45. The number of hydrogen-bond donors (Lipinski definition) is 2. The number of nitrogens with one attached hydrogen (secondary N) is 1. The molecule has 0 radical (unpaired) electrons. The summed E-state index contributed by atoms with van der Waals surface area (Å²) in [6.45, 7) is 10.2. The number of hydrogen-bond acceptors (Lipinski definition) is 4. The SMILES string of the molecule is CCOCC(NCc1nc(C)ccc1O)C(C)C. The van der Waals surface area contributed by atoms with Gasteiger partial charge < -0.3 is 15.2 Å². The van der Waals surface area contributed by atoms with E-state index in [1.165, 1.54) is 0 Å². The quantitative estimate of drug-likeness (QED) is 0.781. The molecule has 0 saturated heterocycles. The zero-order chi connectivity index (χ0) is 13.5. The van der Waals surface area contributed by atoms with E-state index in [2.05, 4.69) is 24.1 Å². The number of aryl methyl sites for hydroxylation is 1. The van der Waals surface area contributed by atoms with Gasteiger partial charge in [0.15, 0.2) is 0 Å². The fourth-order valence-electron chi connectivity index (χ4n) is 1.69. The lowest BCUT2D eigenvalue weighted by Crippen LogP contribution is -2.37. The third-order valence-electron chi connectivity index (χ3n) is 2.93. The zero-order valence-corrected chi connectivity index (χ0v) is 11.7. The van der Waals surface area contributed by atoms with Crippen molar-refractivity contribution in [1.29, 1.82) is 0 Å². The summed E-state index contributed by atoms with van der Waals surface area (Å²) in [5.74, 6) is 0.718. The molecule has 18 heavy (non-hydrogen) atoms. The highest BCUT2D eigenvalue weighted by molar-refractivity contribution is 5.27. The number of pyridine rings is 1. The maximum absolute atomic E-state index is 9.73. The predicted molar refractivity (Wildman–Crippen MR) is 72.6 cm³/mol. The molecule has 102 valence electrons. The van der Waals surface area contributed by atoms with Gasteiger partial charge in [-0.2, -0.15) is 0 Å². The first-order chi connectivity index (χ1) is 8.54. The molecule has 4 nitrogen and oxygen atoms in total. The number of aromatic hydroxyl groups is 1. The van der Waals surface area contributed by atoms with Crippen LogP contribution in [0, 0.1) is 12.8 Å². The Morgan fingerprint density at radius 3 is 2.72 bits per heavy atom. The van der Waals surface area contributed by atoms with E-state index in [1.807, 2.05) is 13.8 Å². The molecule has 1 aromatic rings. The highest BCUT2D eigenvalue weighted by Crippen LogP contribution is 2.15. The Morgan fingerprint density at radius 1 is 1.39 bits per heavy atom. The van der Waals surface area contributed by atoms with Crippen LogP contribution in [0.1, 0.15) is 32.2 Å². The second-order valence-corrected chi connectivity index (χ2v) is 4.81. The van der Waals surface area contributed by atoms with Gasteiger partial charge in [-0.1, -0.05) is 13.8 Å². The summed E-state index contributed by atoms with van der Waals surface area (Å²) >= 11 is 0. The van der Waals surface area contributed by atoms with Gasteiger partial charge >= 0.3 is 0 Å². The average molecular weight is 252 g/mol. The largest absolute Gasteiger partial charge is 0.506 e. The van der Waals surface area contributed by atoms with Crippen LogP contribution in [0.2, 0.25) is 0 Å². The van der Waals surface area contributed by atoms with E-state index in [9.17, 15) is 5.11 Å². The van der Waals surface area contributed by atoms with E-state index in [1.54, 1.807) is 12.1 Å². The van der Waals surface area contributed by atoms with Crippen molar-refractivity contribution in [2.24, 2.45) is 5.92 Å². The van der Waals surface area contributed by atoms with Crippen LogP contribution in [0.4, 0.5) is 0 Å². The Hall–Kier alpha value is -1.13. The third-order valence-corrected chi connectivity index (χ3v) is 2.93. The Morgan fingerprint density at radius 2 is 2.11 bits per heavy atom. The molecule has 1 unspecified atom stereocenters. The molecule has 0 spiro atoms. The molecule has 1 atom stereocenters. The zero-order valence-electron chi connectivity index (χ0n) is 11.7. The fourth-order valence-corrected chi connectivity index (χ4v) is 1.69. The summed E-state index contributed by atoms with van der Waals surface area (Å²) in [6.07, 6.45) is 0. The van der Waals surface area contributed by atoms with Crippen LogP contribution in [-0.4, -0.2) is 29.3 Å². The highest BCUT2D eigenvalue weighted by Gasteiger charge is 2.14. The standard InChI is InChI=1S/C14H24N2O2/c1-5-18-9-13(10(2)3)15-8-12-14(17)7-6-11(4)16-12/h6-7,10,13,15,17H,5,8-9H2,1-4H3. The lowest BCUT2D eigenvalue weighted by atomic mass is 10.1. The Bertz CT molecular complexity index is 367. The molecular formula is C14H24N2O2. The van der Waals surface area contributed by atoms with Crippen LogP contribution >= 0.6 is 0 Å². The van der Waals surface area contributed by atoms with Crippen LogP contribution in [-0.2, 0) is 11.3 Å². The average Bonchev–Trinajstić information content (AvgIpc) is 2.33. The maximum Gasteiger partial charge on any atom is 0.138 e. The maximum atomic E-state index is 9.73. The first-order valence-electron chi connectivity index (χ1n) is 6.51. The van der Waals surface area contributed by atoms with Gasteiger partial charge in [0.1, 0.15) is 5.75 Å². The van der Waals surface area contributed by atoms with Crippen molar-refractivity contribution in [3.8, 4) is 5.75 Å². The molecule has 1 heterocycles. The Balaban J connectivity index is 2.58. The second-order valence-electron chi connectivity index (χ2n) is 4.81. The second kappa shape index (κ2) is 7.34. The molecular weight excluding hydrogens is 228 g/mol. The number of aromatic nitrogens is 1. The molecule has 2 N–H and O–H groups in total. The van der Waals surface area contributed by atoms with Crippen LogP contribution in [0.25, 0.3) is 0 Å². The van der Waals surface area contributed by atoms with E-state index in [4.69, 9.17) is 4.74 Å². The van der Waals surface area contributed by atoms with E-state index in [0.717, 1.165) is 12.3 Å². The topological polar surface area (TPSA) is 54.4 Å². The molecule has 0 saturated carbocycles. The van der Waals surface area contributed by atoms with Crippen LogP contribution in [0.5, 0.6) is 5.75 Å². The molecule has 1 aromatic heterocycles. The van der Waals surface area contributed by atoms with Gasteiger partial charge in [-0.25, -0.2) is 0 Å². The Labute approximate surface area is 109 Å². The minimum absolute atomic E-state index is 0.243. The van der Waals surface area contributed by atoms with Gasteiger partial charge in [0.05, 0.1) is 12.3 Å². The first kappa shape index (κ1) is 14.9. The van der Waals surface area contributed by atoms with Crippen molar-refractivity contribution in [1.82, 2.24) is 10.3 Å². The minimum atomic E-state index is 0.243. The van der Waals surface area contributed by atoms with Crippen molar-refractivity contribution < 1.29 is 9.84 Å². The summed E-state index contributed by atoms with van der Waals surface area (Å²) in [5.41, 5.74) is 1.60. The van der Waals surface area contributed by atoms with Crippen molar-refractivity contribution >= 4 is 0 Å². The van der Waals surface area contributed by atoms with Crippen molar-refractivity contribution in [3.05, 3.63) is 23.5 Å². The van der Waals surface area contributed by atoms with Gasteiger partial charge in [0, 0.05) is 24.9 Å². The van der Waals surface area contributed by atoms with E-state index in [-0.39, 0.29) is 11.8 Å². The van der Waals surface area contributed by atoms with Crippen molar-refractivity contribution in [2.75, 3.05) is 13.2 Å². The summed E-state index contributed by atoms with van der Waals surface area (Å²) in [5, 5.41) is 13.1. The van der Waals surface area contributed by atoms with Gasteiger partial charge in [-0.05, 0) is 31.9 Å². The molecule has 1 rings (SSSR count). The monoisotopic (exact) mass is 252 g/mol. The number of nitrogens with zero attached hydrogens (tertiary/aromatic N) is 1. The van der Waals surface area contributed by atoms with E-state index < -0.39 is 0 Å². The van der Waals surface area contributed by atoms with Crippen LogP contribution < -0.4 is 5.32 Å². The summed E-state index contributed by atoms with van der Waals surface area (Å²) in [7, 11) is 0. The molecule has 0 aliphatic heterocycles. The molecule has 4 heteroatoms. The van der Waals surface area contributed by atoms with Gasteiger partial charge in [0.25, 0.3) is 0 Å². The molecule has 0 aromatic carbocycles. The number of ether oxygens (including phenoxy) is 1. The fraction of sp³-hybridized carbons (Fsp3) is 0.643. The molecule has 0 fully saturated rings. The van der Waals surface area contributed by atoms with Crippen LogP contribution in [0.3, 0.4) is 0 Å². The third kappa shape index (κ3) is 4.63. The number of rotatable bonds is 7. The van der Waals surface area contributed by atoms with E-state index >= 15 is 0 Å². The van der Waals surface area contributed by atoms with Crippen LogP contribution in [0.15, 0.2) is 12.1 Å². The molecule has 0 aliphatic carbocycles. The van der Waals surface area contributed by atoms with Crippen molar-refractivity contribution in [3.63, 3.8) is 0 Å². The summed E-state index contributed by atoms with van der Waals surface area (Å²) in [6, 6.07) is 3.76. The summed E-state index contributed by atoms with van der Waals surface area (Å²) in [4.78, 5) is 4.33. The van der Waals surface area contributed by atoms with E-state index in [0.29, 0.717) is 24.8 Å². The van der Waals surface area contributed by atoms with Crippen molar-refractivity contribution in [2.45, 2.75) is 40.3 Å². The molecule has 0 amide bonds. The normalized spacial score (nSPS) is 12.9. The van der Waals surface area contributed by atoms with Gasteiger partial charge in [-0.15, -0.1) is 0 Å². The first-order valence-corrected chi connectivity index (χ1v) is 6.51. The van der Waals surface area contributed by atoms with Gasteiger partial charge in [0.2, 0.25) is 0 Å². The lowest BCUT2D eigenvalue weighted by molar-refractivity contribution is 0.107. The predicted octanol–water partition coefficient (Wildman–Crippen LogP) is 2.25. The molecule has 0 aliphatic rings. The highest BCUT2D eigenvalue weighted by atomic mass is 16.5. The lowest BCUT2D eigenvalue weighted by Gasteiger charge is -2.22. The van der Waals surface area contributed by atoms with Gasteiger partial charge in [-0.3, -0.25) is 4.98 Å². The minimum Gasteiger partial charge on any atom is -0.506 e. The smallest absolute Gasteiger partial charge is 0.138 e. The Kier molecular flexibility index (Phi) is 6.09. The molecule has 0 bridgehead atoms.